The minimum atomic E-state index is -4.38. The van der Waals surface area contributed by atoms with Gasteiger partial charge >= 0.3 is 6.18 Å². The predicted molar refractivity (Wildman–Crippen MR) is 106 cm³/mol. The Kier molecular flexibility index (Phi) is 6.53. The zero-order chi connectivity index (χ0) is 20.9. The van der Waals surface area contributed by atoms with Crippen molar-refractivity contribution in [2.75, 3.05) is 6.54 Å². The van der Waals surface area contributed by atoms with Gasteiger partial charge in [-0.05, 0) is 48.4 Å². The van der Waals surface area contributed by atoms with E-state index in [2.05, 4.69) is 10.3 Å². The molecule has 152 valence electrons. The van der Waals surface area contributed by atoms with E-state index in [9.17, 15) is 18.0 Å². The topological polar surface area (TPSA) is 51.2 Å². The third kappa shape index (κ3) is 5.57. The Morgan fingerprint density at radius 1 is 1.17 bits per heavy atom. The maximum atomic E-state index is 12.8. The number of halogens is 3. The highest BCUT2D eigenvalue weighted by molar-refractivity contribution is 7.13. The van der Waals surface area contributed by atoms with Crippen LogP contribution < -0.4 is 10.1 Å². The molecule has 0 unspecified atom stereocenters. The summed E-state index contributed by atoms with van der Waals surface area (Å²) in [6.45, 7) is 2.61. The van der Waals surface area contributed by atoms with E-state index in [4.69, 9.17) is 4.74 Å². The molecule has 0 bridgehead atoms. The summed E-state index contributed by atoms with van der Waals surface area (Å²) in [5, 5.41) is 5.19. The average molecular weight is 420 g/mol. The number of hydrogen-bond donors (Lipinski definition) is 1. The molecule has 8 heteroatoms. The van der Waals surface area contributed by atoms with E-state index >= 15 is 0 Å². The summed E-state index contributed by atoms with van der Waals surface area (Å²) in [7, 11) is 0. The van der Waals surface area contributed by atoms with E-state index in [1.54, 1.807) is 35.7 Å². The predicted octanol–water partition coefficient (Wildman–Crippen LogP) is 5.55. The Hall–Kier alpha value is -2.87. The normalized spacial score (nSPS) is 11.3. The van der Waals surface area contributed by atoms with Crippen molar-refractivity contribution in [2.24, 2.45) is 0 Å². The number of benzene rings is 2. The number of rotatable bonds is 7. The fraction of sp³-hybridized carbons (Fsp3) is 0.238. The molecule has 4 nitrogen and oxygen atoms in total. The number of ether oxygens (including phenoxy) is 1. The summed E-state index contributed by atoms with van der Waals surface area (Å²) in [6, 6.07) is 12.1. The number of hydrogen-bond acceptors (Lipinski definition) is 4. The quantitative estimate of drug-likeness (QED) is 0.545. The highest BCUT2D eigenvalue weighted by atomic mass is 32.1. The van der Waals surface area contributed by atoms with Gasteiger partial charge in [-0.15, -0.1) is 11.3 Å². The number of nitrogens with zero attached hydrogens (tertiary/aromatic N) is 1. The largest absolute Gasteiger partial charge is 0.489 e. The summed E-state index contributed by atoms with van der Waals surface area (Å²) in [5.74, 6) is 0.332. The first-order valence-electron chi connectivity index (χ1n) is 9.00. The van der Waals surface area contributed by atoms with Crippen LogP contribution in [0.4, 0.5) is 13.2 Å². The van der Waals surface area contributed by atoms with Crippen molar-refractivity contribution in [3.63, 3.8) is 0 Å². The highest BCUT2D eigenvalue weighted by Gasteiger charge is 2.30. The van der Waals surface area contributed by atoms with Crippen molar-refractivity contribution in [3.05, 3.63) is 70.7 Å². The number of amides is 1. The molecule has 0 aliphatic rings. The minimum absolute atomic E-state index is 0.0300. The van der Waals surface area contributed by atoms with E-state index in [-0.39, 0.29) is 12.5 Å². The highest BCUT2D eigenvalue weighted by Crippen LogP contribution is 2.30. The molecule has 3 aromatic rings. The number of alkyl halides is 3. The van der Waals surface area contributed by atoms with E-state index in [1.807, 2.05) is 6.92 Å². The Morgan fingerprint density at radius 3 is 2.62 bits per heavy atom. The molecular formula is C21H19F3N2O2S. The molecule has 29 heavy (non-hydrogen) atoms. The molecular weight excluding hydrogens is 401 g/mol. The van der Waals surface area contributed by atoms with Crippen LogP contribution in [0.15, 0.2) is 53.9 Å². The van der Waals surface area contributed by atoms with Gasteiger partial charge in [0.15, 0.2) is 0 Å². The molecule has 0 atom stereocenters. The Balaban J connectivity index is 1.62. The van der Waals surface area contributed by atoms with Crippen LogP contribution in [0.2, 0.25) is 0 Å². The monoisotopic (exact) mass is 420 g/mol. The lowest BCUT2D eigenvalue weighted by atomic mass is 10.1. The molecule has 0 saturated carbocycles. The Morgan fingerprint density at radius 2 is 1.93 bits per heavy atom. The summed E-state index contributed by atoms with van der Waals surface area (Å²) in [5.41, 5.74) is 0.947. The molecule has 1 heterocycles. The van der Waals surface area contributed by atoms with Gasteiger partial charge in [0, 0.05) is 17.5 Å². The van der Waals surface area contributed by atoms with Gasteiger partial charge in [-0.2, -0.15) is 13.2 Å². The average Bonchev–Trinajstić information content (AvgIpc) is 3.21. The van der Waals surface area contributed by atoms with Crippen LogP contribution in [-0.2, 0) is 12.8 Å². The van der Waals surface area contributed by atoms with Crippen molar-refractivity contribution in [3.8, 4) is 16.3 Å². The van der Waals surface area contributed by atoms with Gasteiger partial charge in [-0.25, -0.2) is 4.98 Å². The van der Waals surface area contributed by atoms with Crippen molar-refractivity contribution < 1.29 is 22.7 Å². The number of nitrogens with one attached hydrogen (secondary N) is 1. The SMILES string of the molecule is CCCNC(=O)c1csc(-c2ccc(OCc3cccc(C(F)(F)F)c3)cc2)n1. The van der Waals surface area contributed by atoms with E-state index < -0.39 is 11.7 Å². The van der Waals surface area contributed by atoms with Crippen LogP contribution in [0.25, 0.3) is 10.6 Å². The van der Waals surface area contributed by atoms with Gasteiger partial charge in [0.05, 0.1) is 5.56 Å². The number of carbonyl (C=O) groups excluding carboxylic acids is 1. The van der Waals surface area contributed by atoms with Crippen LogP contribution in [0.5, 0.6) is 5.75 Å². The third-order valence-electron chi connectivity index (χ3n) is 4.03. The zero-order valence-electron chi connectivity index (χ0n) is 15.6. The van der Waals surface area contributed by atoms with Crippen LogP contribution in [0, 0.1) is 0 Å². The Bertz CT molecular complexity index is 969. The number of thiazole rings is 1. The van der Waals surface area contributed by atoms with E-state index in [0.29, 0.717) is 28.6 Å². The maximum absolute atomic E-state index is 12.8. The Labute approximate surface area is 170 Å². The summed E-state index contributed by atoms with van der Waals surface area (Å²) >= 11 is 1.37. The number of aromatic nitrogens is 1. The van der Waals surface area contributed by atoms with Crippen LogP contribution >= 0.6 is 11.3 Å². The first kappa shape index (κ1) is 20.9. The molecule has 1 amide bonds. The van der Waals surface area contributed by atoms with Gasteiger partial charge in [0.25, 0.3) is 5.91 Å². The lowest BCUT2D eigenvalue weighted by Crippen LogP contribution is -2.24. The minimum Gasteiger partial charge on any atom is -0.489 e. The molecule has 0 aliphatic heterocycles. The second kappa shape index (κ2) is 9.09. The second-order valence-corrected chi connectivity index (χ2v) is 7.16. The third-order valence-corrected chi connectivity index (χ3v) is 4.92. The molecule has 1 N–H and O–H groups in total. The fourth-order valence-electron chi connectivity index (χ4n) is 2.54. The lowest BCUT2D eigenvalue weighted by Gasteiger charge is -2.10. The smallest absolute Gasteiger partial charge is 0.416 e. The molecule has 2 aromatic carbocycles. The molecule has 0 fully saturated rings. The summed E-state index contributed by atoms with van der Waals surface area (Å²) in [6.07, 6.45) is -3.53. The van der Waals surface area contributed by atoms with Gasteiger partial charge < -0.3 is 10.1 Å². The van der Waals surface area contributed by atoms with Gasteiger partial charge in [0.1, 0.15) is 23.1 Å². The standard InChI is InChI=1S/C21H19F3N2O2S/c1-2-10-25-19(27)18-13-29-20(26-18)15-6-8-17(9-7-15)28-12-14-4-3-5-16(11-14)21(22,23)24/h3-9,11,13H,2,10,12H2,1H3,(H,25,27). The molecule has 0 spiro atoms. The zero-order valence-corrected chi connectivity index (χ0v) is 16.4. The van der Waals surface area contributed by atoms with Crippen LogP contribution in [0.1, 0.15) is 35.0 Å². The molecule has 1 aromatic heterocycles. The van der Waals surface area contributed by atoms with Crippen LogP contribution in [-0.4, -0.2) is 17.4 Å². The van der Waals surface area contributed by atoms with Gasteiger partial charge in [0.2, 0.25) is 0 Å². The van der Waals surface area contributed by atoms with E-state index in [0.717, 1.165) is 24.1 Å². The summed E-state index contributed by atoms with van der Waals surface area (Å²) < 4.78 is 43.9. The van der Waals surface area contributed by atoms with Gasteiger partial charge in [-0.3, -0.25) is 4.79 Å². The van der Waals surface area contributed by atoms with Crippen molar-refractivity contribution in [2.45, 2.75) is 26.1 Å². The van der Waals surface area contributed by atoms with Crippen molar-refractivity contribution in [1.29, 1.82) is 0 Å². The first-order chi connectivity index (χ1) is 13.9. The maximum Gasteiger partial charge on any atom is 0.416 e. The van der Waals surface area contributed by atoms with E-state index in [1.165, 1.54) is 17.4 Å². The van der Waals surface area contributed by atoms with Crippen molar-refractivity contribution >= 4 is 17.2 Å². The van der Waals surface area contributed by atoms with Crippen molar-refractivity contribution in [1.82, 2.24) is 10.3 Å². The fourth-order valence-corrected chi connectivity index (χ4v) is 3.34. The first-order valence-corrected chi connectivity index (χ1v) is 9.88. The molecule has 0 radical (unpaired) electrons. The number of carbonyl (C=O) groups is 1. The molecule has 0 aliphatic carbocycles. The lowest BCUT2D eigenvalue weighted by molar-refractivity contribution is -0.137. The molecule has 0 saturated heterocycles. The molecule has 3 rings (SSSR count). The van der Waals surface area contributed by atoms with Crippen LogP contribution in [0.3, 0.4) is 0 Å². The summed E-state index contributed by atoms with van der Waals surface area (Å²) in [4.78, 5) is 16.3. The van der Waals surface area contributed by atoms with Gasteiger partial charge in [-0.1, -0.05) is 19.1 Å². The second-order valence-electron chi connectivity index (χ2n) is 6.30.